The number of halogens is 3. The lowest BCUT2D eigenvalue weighted by atomic mass is 9.87. The average molecular weight is 537 g/mol. The summed E-state index contributed by atoms with van der Waals surface area (Å²) in [5, 5.41) is 13.8. The smallest absolute Gasteiger partial charge is 0.416 e. The van der Waals surface area contributed by atoms with E-state index in [0.717, 1.165) is 18.7 Å². The number of nitrogens with zero attached hydrogens (tertiary/aromatic N) is 5. The molecule has 9 nitrogen and oxygen atoms in total. The topological polar surface area (TPSA) is 113 Å². The standard InChI is InChI=1S/C24H27F3N6O3S/c1-12-19(15-6-8-28-17(10-15)23(4,5)24(25,26)27)37-20(30-12)13(2)31-21-29-9-7-18(32-21)33-16(14(3)34)11-36-22(33)35/h6-10,13-14,16,34H,11H2,1-5H3,(H,29,31,32)/t13-,14-,16-/m1/s1. The summed E-state index contributed by atoms with van der Waals surface area (Å²) in [6.07, 6.45) is -3.00. The first kappa shape index (κ1) is 26.7. The Morgan fingerprint density at radius 1 is 1.19 bits per heavy atom. The molecule has 2 N–H and O–H groups in total. The van der Waals surface area contributed by atoms with Gasteiger partial charge < -0.3 is 15.2 Å². The molecule has 1 fully saturated rings. The number of rotatable bonds is 7. The maximum Gasteiger partial charge on any atom is 0.416 e. The van der Waals surface area contributed by atoms with E-state index in [4.69, 9.17) is 4.74 Å². The van der Waals surface area contributed by atoms with Crippen LogP contribution in [-0.2, 0) is 10.2 Å². The molecule has 1 aliphatic heterocycles. The predicted molar refractivity (Wildman–Crippen MR) is 133 cm³/mol. The first-order chi connectivity index (χ1) is 17.3. The largest absolute Gasteiger partial charge is 0.447 e. The third-order valence-electron chi connectivity index (χ3n) is 6.25. The zero-order valence-corrected chi connectivity index (χ0v) is 21.7. The van der Waals surface area contributed by atoms with E-state index in [1.165, 1.54) is 34.7 Å². The number of aryl methyl sites for hydroxylation is 1. The van der Waals surface area contributed by atoms with Gasteiger partial charge in [0.1, 0.15) is 28.9 Å². The van der Waals surface area contributed by atoms with E-state index in [1.54, 1.807) is 26.0 Å². The zero-order valence-electron chi connectivity index (χ0n) is 20.9. The number of carbonyl (C=O) groups excluding carboxylic acids is 1. The fourth-order valence-electron chi connectivity index (χ4n) is 3.79. The van der Waals surface area contributed by atoms with Crippen molar-refractivity contribution in [3.05, 3.63) is 47.0 Å². The quantitative estimate of drug-likeness (QED) is 0.433. The summed E-state index contributed by atoms with van der Waals surface area (Å²) in [6.45, 7) is 7.48. The van der Waals surface area contributed by atoms with Crippen molar-refractivity contribution < 1.29 is 27.8 Å². The van der Waals surface area contributed by atoms with Gasteiger partial charge in [0.25, 0.3) is 0 Å². The Kier molecular flexibility index (Phi) is 7.12. The summed E-state index contributed by atoms with van der Waals surface area (Å²) >= 11 is 1.35. The molecule has 0 saturated carbocycles. The number of hydrogen-bond donors (Lipinski definition) is 2. The van der Waals surface area contributed by atoms with Gasteiger partial charge in [-0.25, -0.2) is 14.8 Å². The van der Waals surface area contributed by atoms with Gasteiger partial charge in [-0.2, -0.15) is 18.2 Å². The second-order valence-corrected chi connectivity index (χ2v) is 10.4. The summed E-state index contributed by atoms with van der Waals surface area (Å²) in [4.78, 5) is 31.4. The predicted octanol–water partition coefficient (Wildman–Crippen LogP) is 5.02. The van der Waals surface area contributed by atoms with Crippen molar-refractivity contribution in [3.8, 4) is 10.4 Å². The number of aliphatic hydroxyl groups excluding tert-OH is 1. The molecule has 1 amide bonds. The molecular formula is C24H27F3N6O3S. The van der Waals surface area contributed by atoms with Crippen LogP contribution >= 0.6 is 11.3 Å². The molecule has 13 heteroatoms. The number of aromatic nitrogens is 4. The molecule has 198 valence electrons. The number of carbonyl (C=O) groups is 1. The molecule has 1 saturated heterocycles. The van der Waals surface area contributed by atoms with Crippen LogP contribution in [0.25, 0.3) is 10.4 Å². The zero-order chi connectivity index (χ0) is 27.1. The molecule has 4 rings (SSSR count). The van der Waals surface area contributed by atoms with Crippen LogP contribution in [0.2, 0.25) is 0 Å². The van der Waals surface area contributed by atoms with Crippen LogP contribution < -0.4 is 10.2 Å². The van der Waals surface area contributed by atoms with Gasteiger partial charge in [0.15, 0.2) is 0 Å². The Hall–Kier alpha value is -3.32. The van der Waals surface area contributed by atoms with E-state index in [-0.39, 0.29) is 30.1 Å². The van der Waals surface area contributed by atoms with Crippen LogP contribution in [0.4, 0.5) is 29.7 Å². The molecule has 0 unspecified atom stereocenters. The fraction of sp³-hybridized carbons (Fsp3) is 0.458. The molecule has 0 bridgehead atoms. The van der Waals surface area contributed by atoms with Crippen molar-refractivity contribution in [1.82, 2.24) is 19.9 Å². The van der Waals surface area contributed by atoms with Crippen molar-refractivity contribution in [2.75, 3.05) is 16.8 Å². The first-order valence-electron chi connectivity index (χ1n) is 11.5. The lowest BCUT2D eigenvalue weighted by Gasteiger charge is -2.27. The van der Waals surface area contributed by atoms with Crippen molar-refractivity contribution in [2.24, 2.45) is 0 Å². The van der Waals surface area contributed by atoms with Crippen LogP contribution in [0.5, 0.6) is 0 Å². The summed E-state index contributed by atoms with van der Waals surface area (Å²) in [5.41, 5.74) is -0.897. The van der Waals surface area contributed by atoms with Crippen molar-refractivity contribution >= 4 is 29.2 Å². The van der Waals surface area contributed by atoms with Crippen molar-refractivity contribution in [3.63, 3.8) is 0 Å². The minimum Gasteiger partial charge on any atom is -0.447 e. The summed E-state index contributed by atoms with van der Waals surface area (Å²) < 4.78 is 45.7. The second-order valence-electron chi connectivity index (χ2n) is 9.38. The number of pyridine rings is 1. The van der Waals surface area contributed by atoms with Crippen molar-refractivity contribution in [2.45, 2.75) is 64.4 Å². The highest BCUT2D eigenvalue weighted by molar-refractivity contribution is 7.15. The highest BCUT2D eigenvalue weighted by atomic mass is 32.1. The molecule has 3 aromatic heterocycles. The highest BCUT2D eigenvalue weighted by Crippen LogP contribution is 2.41. The molecule has 3 atom stereocenters. The van der Waals surface area contributed by atoms with Gasteiger partial charge >= 0.3 is 12.3 Å². The SMILES string of the molecule is Cc1nc([C@@H](C)Nc2nccc(N3C(=O)OC[C@@H]3[C@@H](C)O)n2)sc1-c1ccnc(C(C)(C)C(F)(F)F)c1. The molecular weight excluding hydrogens is 509 g/mol. The van der Waals surface area contributed by atoms with Gasteiger partial charge in [-0.15, -0.1) is 11.3 Å². The van der Waals surface area contributed by atoms with Crippen LogP contribution in [0, 0.1) is 6.92 Å². The lowest BCUT2D eigenvalue weighted by Crippen LogP contribution is -2.41. The monoisotopic (exact) mass is 536 g/mol. The number of thiazole rings is 1. The third kappa shape index (κ3) is 5.23. The van der Waals surface area contributed by atoms with Crippen LogP contribution in [0.3, 0.4) is 0 Å². The molecule has 0 aliphatic carbocycles. The van der Waals surface area contributed by atoms with Gasteiger partial charge in [-0.05, 0) is 58.4 Å². The number of alkyl halides is 3. The Labute approximate surface area is 215 Å². The van der Waals surface area contributed by atoms with E-state index in [1.807, 2.05) is 6.92 Å². The third-order valence-corrected chi connectivity index (χ3v) is 7.64. The Bertz CT molecular complexity index is 1300. The maximum absolute atomic E-state index is 13.5. The maximum atomic E-state index is 13.5. The number of nitrogens with one attached hydrogen (secondary N) is 1. The molecule has 0 aromatic carbocycles. The van der Waals surface area contributed by atoms with Gasteiger partial charge in [-0.1, -0.05) is 0 Å². The van der Waals surface area contributed by atoms with Crippen LogP contribution in [0.1, 0.15) is 50.1 Å². The van der Waals surface area contributed by atoms with Gasteiger partial charge in [0.05, 0.1) is 28.4 Å². The Morgan fingerprint density at radius 3 is 2.57 bits per heavy atom. The molecule has 3 aromatic rings. The average Bonchev–Trinajstić information content (AvgIpc) is 3.41. The van der Waals surface area contributed by atoms with Crippen molar-refractivity contribution in [1.29, 1.82) is 0 Å². The minimum absolute atomic E-state index is 0.0533. The van der Waals surface area contributed by atoms with Crippen LogP contribution in [-0.4, -0.2) is 56.1 Å². The molecule has 4 heterocycles. The normalized spacial score (nSPS) is 18.0. The van der Waals surface area contributed by atoms with E-state index >= 15 is 0 Å². The number of cyclic esters (lactones) is 1. The Balaban J connectivity index is 1.56. The van der Waals surface area contributed by atoms with E-state index in [0.29, 0.717) is 16.3 Å². The molecule has 0 spiro atoms. The fourth-order valence-corrected chi connectivity index (χ4v) is 4.86. The van der Waals surface area contributed by atoms with E-state index in [2.05, 4.69) is 25.3 Å². The van der Waals surface area contributed by atoms with Gasteiger partial charge in [0.2, 0.25) is 5.95 Å². The molecule has 37 heavy (non-hydrogen) atoms. The van der Waals surface area contributed by atoms with Gasteiger partial charge in [-0.3, -0.25) is 9.88 Å². The molecule has 1 aliphatic rings. The summed E-state index contributed by atoms with van der Waals surface area (Å²) in [7, 11) is 0. The van der Waals surface area contributed by atoms with Crippen LogP contribution in [0.15, 0.2) is 30.6 Å². The lowest BCUT2D eigenvalue weighted by molar-refractivity contribution is -0.181. The minimum atomic E-state index is -4.44. The first-order valence-corrected chi connectivity index (χ1v) is 12.4. The second kappa shape index (κ2) is 9.86. The number of amides is 1. The number of ether oxygens (including phenoxy) is 1. The summed E-state index contributed by atoms with van der Waals surface area (Å²) in [6, 6.07) is 3.75. The molecule has 0 radical (unpaired) electrons. The number of anilines is 2. The van der Waals surface area contributed by atoms with E-state index < -0.39 is 29.8 Å². The highest BCUT2D eigenvalue weighted by Gasteiger charge is 2.49. The Morgan fingerprint density at radius 2 is 1.89 bits per heavy atom. The van der Waals surface area contributed by atoms with E-state index in [9.17, 15) is 23.1 Å². The van der Waals surface area contributed by atoms with Gasteiger partial charge in [0, 0.05) is 12.4 Å². The number of aliphatic hydroxyl groups is 1. The number of hydrogen-bond acceptors (Lipinski definition) is 9. The summed E-state index contributed by atoms with van der Waals surface area (Å²) in [5.74, 6) is 0.521.